The third-order valence-corrected chi connectivity index (χ3v) is 19.4. The van der Waals surface area contributed by atoms with Crippen LogP contribution in [0.5, 0.6) is 0 Å². The van der Waals surface area contributed by atoms with Gasteiger partial charge in [0.15, 0.2) is 0 Å². The molecular formula is C49H62Cl2Zr. The van der Waals surface area contributed by atoms with Gasteiger partial charge in [-0.3, -0.25) is 0 Å². The van der Waals surface area contributed by atoms with Crippen molar-refractivity contribution >= 4 is 28.0 Å². The van der Waals surface area contributed by atoms with E-state index in [4.69, 9.17) is 0 Å². The standard InChI is InChI=1S/C23H29.C21H26.C5H5.2ClH.Zr/c1-14-9-16-11-17-10-15(2)21(23(6,7)8)13-19(17)18(16)12-20(14)22(3,4)5;1-20(2,3)18-11-7-16(8-12-18)15-17-9-13-19(14-10-17)21(4,5)6;1-2-4-5-3-1;;;/h9-13H,1-8H3;7-14H,1-6H3;1-3H,4H2;2*1H;. The number of hydrogen-bond donors (Lipinski definition) is 0. The number of aryl methyl sites for hydroxylation is 2. The van der Waals surface area contributed by atoms with Crippen molar-refractivity contribution < 1.29 is 21.3 Å². The number of benzene rings is 4. The molecule has 0 heterocycles. The molecule has 4 aromatic rings. The van der Waals surface area contributed by atoms with Gasteiger partial charge >= 0.3 is 314 Å². The van der Waals surface area contributed by atoms with Crippen molar-refractivity contribution in [3.05, 3.63) is 150 Å². The van der Waals surface area contributed by atoms with E-state index in [0.717, 1.165) is 6.42 Å². The fourth-order valence-corrected chi connectivity index (χ4v) is 17.4. The maximum absolute atomic E-state index is 2.82. The first kappa shape index (κ1) is 42.4. The van der Waals surface area contributed by atoms with E-state index in [1.54, 1.807) is 17.6 Å². The minimum atomic E-state index is -2.82. The van der Waals surface area contributed by atoms with Crippen LogP contribution < -0.4 is 0 Å². The van der Waals surface area contributed by atoms with Crippen molar-refractivity contribution in [3.63, 3.8) is 0 Å². The number of halogens is 2. The molecular weight excluding hydrogens is 751 g/mol. The van der Waals surface area contributed by atoms with Gasteiger partial charge in [0, 0.05) is 0 Å². The molecule has 276 valence electrons. The summed E-state index contributed by atoms with van der Waals surface area (Å²) in [6.45, 7) is 32.9. The maximum Gasteiger partial charge on any atom is -0.147 e. The summed E-state index contributed by atoms with van der Waals surface area (Å²) in [6, 6.07) is 29.8. The van der Waals surface area contributed by atoms with Crippen LogP contribution in [0.4, 0.5) is 0 Å². The van der Waals surface area contributed by atoms with Crippen LogP contribution in [0.3, 0.4) is 0 Å². The van der Waals surface area contributed by atoms with Crippen LogP contribution in [-0.4, -0.2) is 3.21 Å². The molecule has 0 bridgehead atoms. The van der Waals surface area contributed by atoms with E-state index in [2.05, 4.69) is 188 Å². The Kier molecular flexibility index (Phi) is 12.3. The Labute approximate surface area is 336 Å². The molecule has 0 atom stereocenters. The molecule has 0 saturated carbocycles. The van der Waals surface area contributed by atoms with E-state index in [1.165, 1.54) is 55.6 Å². The summed E-state index contributed by atoms with van der Waals surface area (Å²) < 4.78 is 3.72. The Balaban J connectivity index is 0.00000302. The molecule has 0 unspecified atom stereocenters. The van der Waals surface area contributed by atoms with Crippen LogP contribution >= 0.6 is 24.8 Å². The smallest absolute Gasteiger partial charge is 0.147 e. The van der Waals surface area contributed by atoms with E-state index in [-0.39, 0.29) is 46.5 Å². The Morgan fingerprint density at radius 2 is 0.923 bits per heavy atom. The van der Waals surface area contributed by atoms with Crippen molar-refractivity contribution in [1.29, 1.82) is 0 Å². The zero-order valence-corrected chi connectivity index (χ0v) is 38.4. The van der Waals surface area contributed by atoms with E-state index in [1.807, 2.05) is 0 Å². The molecule has 2 aliphatic carbocycles. The van der Waals surface area contributed by atoms with Crippen molar-refractivity contribution in [2.75, 3.05) is 0 Å². The molecule has 52 heavy (non-hydrogen) atoms. The Morgan fingerprint density at radius 3 is 1.23 bits per heavy atom. The van der Waals surface area contributed by atoms with Gasteiger partial charge in [0.25, 0.3) is 0 Å². The molecule has 6 rings (SSSR count). The average Bonchev–Trinajstić information content (AvgIpc) is 3.64. The van der Waals surface area contributed by atoms with E-state index >= 15 is 0 Å². The van der Waals surface area contributed by atoms with Gasteiger partial charge in [0.2, 0.25) is 0 Å². The van der Waals surface area contributed by atoms with Gasteiger partial charge in [-0.2, -0.15) is 0 Å². The van der Waals surface area contributed by atoms with Crippen molar-refractivity contribution in [2.24, 2.45) is 0 Å². The second-order valence-corrected chi connectivity index (χ2v) is 25.5. The third-order valence-electron chi connectivity index (χ3n) is 11.1. The van der Waals surface area contributed by atoms with Gasteiger partial charge in [0.05, 0.1) is 0 Å². The first-order valence-corrected chi connectivity index (χ1v) is 22.7. The quantitative estimate of drug-likeness (QED) is 0.193. The van der Waals surface area contributed by atoms with Crippen LogP contribution in [0.25, 0.3) is 11.1 Å². The molecule has 4 aromatic carbocycles. The second-order valence-electron chi connectivity index (χ2n) is 19.2. The monoisotopic (exact) mass is 810 g/mol. The van der Waals surface area contributed by atoms with Crippen molar-refractivity contribution in [2.45, 2.75) is 129 Å². The third kappa shape index (κ3) is 8.19. The molecule has 3 heteroatoms. The van der Waals surface area contributed by atoms with Crippen molar-refractivity contribution in [3.8, 4) is 11.1 Å². The molecule has 0 radical (unpaired) electrons. The first-order chi connectivity index (χ1) is 23.2. The minimum absolute atomic E-state index is 0. The van der Waals surface area contributed by atoms with Crippen LogP contribution in [0.1, 0.15) is 149 Å². The van der Waals surface area contributed by atoms with Crippen LogP contribution in [-0.2, 0) is 42.9 Å². The van der Waals surface area contributed by atoms with E-state index in [0.29, 0.717) is 3.63 Å². The van der Waals surface area contributed by atoms with Gasteiger partial charge in [-0.15, -0.1) is 24.8 Å². The maximum atomic E-state index is 2.61. The molecule has 0 aliphatic heterocycles. The predicted molar refractivity (Wildman–Crippen MR) is 230 cm³/mol. The van der Waals surface area contributed by atoms with Gasteiger partial charge in [0.1, 0.15) is 0 Å². The molecule has 0 amide bonds. The van der Waals surface area contributed by atoms with Crippen molar-refractivity contribution in [1.82, 2.24) is 0 Å². The molecule has 0 nitrogen and oxygen atoms in total. The summed E-state index contributed by atoms with van der Waals surface area (Å²) in [5, 5.41) is 0. The van der Waals surface area contributed by atoms with Crippen LogP contribution in [0, 0.1) is 13.8 Å². The van der Waals surface area contributed by atoms with E-state index in [9.17, 15) is 0 Å². The molecule has 0 N–H and O–H groups in total. The fourth-order valence-electron chi connectivity index (χ4n) is 8.39. The topological polar surface area (TPSA) is 0 Å². The fraction of sp³-hybridized carbons (Fsp3) is 0.408. The summed E-state index contributed by atoms with van der Waals surface area (Å²) in [7, 11) is 0. The molecule has 0 saturated heterocycles. The van der Waals surface area contributed by atoms with Crippen LogP contribution in [0.2, 0.25) is 0 Å². The Hall–Kier alpha value is -2.31. The summed E-state index contributed by atoms with van der Waals surface area (Å²) in [6.07, 6.45) is 8.30. The largest absolute Gasteiger partial charge is 0.147 e. The minimum Gasteiger partial charge on any atom is -0.147 e. The van der Waals surface area contributed by atoms with E-state index < -0.39 is 21.3 Å². The molecule has 0 fully saturated rings. The number of hydrogen-bond acceptors (Lipinski definition) is 0. The average molecular weight is 813 g/mol. The molecule has 0 spiro atoms. The van der Waals surface area contributed by atoms with Crippen LogP contribution in [0.15, 0.2) is 94.3 Å². The first-order valence-electron chi connectivity index (χ1n) is 18.8. The predicted octanol–water partition coefficient (Wildman–Crippen LogP) is 14.1. The summed E-state index contributed by atoms with van der Waals surface area (Å²) in [4.78, 5) is 0. The summed E-state index contributed by atoms with van der Waals surface area (Å²) in [5.41, 5.74) is 17.8. The number of fused-ring (bicyclic) bond motifs is 3. The Bertz CT molecular complexity index is 1910. The van der Waals surface area contributed by atoms with Gasteiger partial charge in [-0.05, 0) is 0 Å². The number of allylic oxidation sites excluding steroid dienone is 4. The zero-order chi connectivity index (χ0) is 36.6. The molecule has 2 aliphatic rings. The van der Waals surface area contributed by atoms with Gasteiger partial charge in [-0.1, -0.05) is 0 Å². The molecule has 0 aromatic heterocycles. The SMILES string of the molecule is Cc1cc2c(cc1C(C)(C)C)-c1cc(C(C)(C)C)c(C)cc1[CH]2[Zr]([C]1=CC=CC1)=[C](c1ccc(C(C)(C)C)cc1)c1ccc(C(C)(C)C)cc1.Cl.Cl. The van der Waals surface area contributed by atoms with Gasteiger partial charge in [-0.25, -0.2) is 0 Å². The number of rotatable bonds is 4. The zero-order valence-electron chi connectivity index (χ0n) is 34.3. The van der Waals surface area contributed by atoms with Gasteiger partial charge < -0.3 is 0 Å². The summed E-state index contributed by atoms with van der Waals surface area (Å²) >= 11 is -2.82. The Morgan fingerprint density at radius 1 is 0.538 bits per heavy atom. The normalized spacial score (nSPS) is 14.3. The second kappa shape index (κ2) is 15.1. The summed E-state index contributed by atoms with van der Waals surface area (Å²) in [5.74, 6) is 0.